The molecule has 0 aromatic rings. The summed E-state index contributed by atoms with van der Waals surface area (Å²) in [5.41, 5.74) is 0. The fraction of sp³-hybridized carbons (Fsp3) is 0.900. The van der Waals surface area contributed by atoms with Gasteiger partial charge in [-0.2, -0.15) is 12.7 Å². The van der Waals surface area contributed by atoms with Crippen LogP contribution in [0.4, 0.5) is 4.79 Å². The molecule has 106 valence electrons. The van der Waals surface area contributed by atoms with Gasteiger partial charge in [-0.25, -0.2) is 9.52 Å². The molecule has 0 bridgehead atoms. The highest BCUT2D eigenvalue weighted by atomic mass is 32.2. The molecular formula is C10H21N3O4S. The highest BCUT2D eigenvalue weighted by Gasteiger charge is 2.27. The van der Waals surface area contributed by atoms with E-state index >= 15 is 0 Å². The third-order valence-corrected chi connectivity index (χ3v) is 4.23. The zero-order valence-electron chi connectivity index (χ0n) is 10.8. The molecule has 0 saturated carbocycles. The summed E-state index contributed by atoms with van der Waals surface area (Å²) in [7, 11) is -2.68. The van der Waals surface area contributed by atoms with Gasteiger partial charge in [-0.15, -0.1) is 0 Å². The Labute approximate surface area is 108 Å². The van der Waals surface area contributed by atoms with Crippen LogP contribution >= 0.6 is 0 Å². The number of hydrogen-bond donors (Lipinski definition) is 2. The summed E-state index contributed by atoms with van der Waals surface area (Å²) in [5, 5.41) is 3.23. The van der Waals surface area contributed by atoms with Crippen molar-refractivity contribution in [2.45, 2.75) is 32.2 Å². The number of ether oxygens (including phenoxy) is 1. The fourth-order valence-corrected chi connectivity index (χ4v) is 3.15. The lowest BCUT2D eigenvalue weighted by Crippen LogP contribution is -2.48. The van der Waals surface area contributed by atoms with Crippen molar-refractivity contribution in [3.63, 3.8) is 0 Å². The van der Waals surface area contributed by atoms with Gasteiger partial charge in [0.1, 0.15) is 0 Å². The topological polar surface area (TPSA) is 87.7 Å². The maximum absolute atomic E-state index is 12.0. The van der Waals surface area contributed by atoms with Crippen molar-refractivity contribution in [1.82, 2.24) is 14.3 Å². The van der Waals surface area contributed by atoms with Crippen LogP contribution in [-0.2, 0) is 14.9 Å². The van der Waals surface area contributed by atoms with E-state index in [1.165, 1.54) is 4.31 Å². The van der Waals surface area contributed by atoms with Crippen molar-refractivity contribution in [3.8, 4) is 0 Å². The molecule has 1 rings (SSSR count). The molecule has 7 nitrogen and oxygen atoms in total. The molecule has 1 fully saturated rings. The van der Waals surface area contributed by atoms with Gasteiger partial charge in [0, 0.05) is 19.1 Å². The van der Waals surface area contributed by atoms with Crippen molar-refractivity contribution in [1.29, 1.82) is 0 Å². The van der Waals surface area contributed by atoms with Gasteiger partial charge in [0.05, 0.1) is 7.11 Å². The molecule has 0 aliphatic carbocycles. The van der Waals surface area contributed by atoms with Gasteiger partial charge >= 0.3 is 16.3 Å². The van der Waals surface area contributed by atoms with Gasteiger partial charge in [0.25, 0.3) is 0 Å². The smallest absolute Gasteiger partial charge is 0.421 e. The highest BCUT2D eigenvalue weighted by Crippen LogP contribution is 2.10. The first-order chi connectivity index (χ1) is 8.49. The van der Waals surface area contributed by atoms with Crippen LogP contribution in [0.25, 0.3) is 0 Å². The van der Waals surface area contributed by atoms with Crippen LogP contribution in [0, 0.1) is 0 Å². The fourth-order valence-electron chi connectivity index (χ4n) is 1.93. The lowest BCUT2D eigenvalue weighted by Gasteiger charge is -2.24. The Kier molecular flexibility index (Phi) is 5.83. The Morgan fingerprint density at radius 2 is 2.28 bits per heavy atom. The van der Waals surface area contributed by atoms with Crippen LogP contribution in [0.2, 0.25) is 0 Å². The predicted molar refractivity (Wildman–Crippen MR) is 67.3 cm³/mol. The van der Waals surface area contributed by atoms with Crippen molar-refractivity contribution in [3.05, 3.63) is 0 Å². The lowest BCUT2D eigenvalue weighted by atomic mass is 10.2. The van der Waals surface area contributed by atoms with E-state index in [1.807, 2.05) is 11.6 Å². The SMILES string of the molecule is CCCN(CC1CCCN1)S(=O)(=O)NC(=O)OC. The second kappa shape index (κ2) is 6.91. The highest BCUT2D eigenvalue weighted by molar-refractivity contribution is 7.87. The molecule has 1 amide bonds. The summed E-state index contributed by atoms with van der Waals surface area (Å²) >= 11 is 0. The molecular weight excluding hydrogens is 258 g/mol. The van der Waals surface area contributed by atoms with E-state index in [0.29, 0.717) is 19.5 Å². The largest absolute Gasteiger partial charge is 0.452 e. The van der Waals surface area contributed by atoms with E-state index < -0.39 is 16.3 Å². The number of nitrogens with zero attached hydrogens (tertiary/aromatic N) is 1. The minimum Gasteiger partial charge on any atom is -0.452 e. The Hall–Kier alpha value is -0.860. The molecule has 8 heteroatoms. The van der Waals surface area contributed by atoms with Crippen LogP contribution in [-0.4, -0.2) is 51.6 Å². The van der Waals surface area contributed by atoms with Crippen molar-refractivity contribution in [2.24, 2.45) is 0 Å². The summed E-state index contributed by atoms with van der Waals surface area (Å²) < 4.78 is 31.4. The van der Waals surface area contributed by atoms with Crippen LogP contribution in [0.15, 0.2) is 0 Å². The van der Waals surface area contributed by atoms with Gasteiger partial charge in [-0.1, -0.05) is 6.92 Å². The molecule has 0 aromatic carbocycles. The van der Waals surface area contributed by atoms with Gasteiger partial charge in [-0.3, -0.25) is 0 Å². The first-order valence-corrected chi connectivity index (χ1v) is 7.52. The van der Waals surface area contributed by atoms with E-state index in [0.717, 1.165) is 26.5 Å². The molecule has 0 aromatic heterocycles. The van der Waals surface area contributed by atoms with E-state index in [-0.39, 0.29) is 6.04 Å². The second-order valence-electron chi connectivity index (χ2n) is 4.25. The molecule has 1 heterocycles. The van der Waals surface area contributed by atoms with Gasteiger partial charge in [0.2, 0.25) is 0 Å². The number of methoxy groups -OCH3 is 1. The lowest BCUT2D eigenvalue weighted by molar-refractivity contribution is 0.176. The van der Waals surface area contributed by atoms with E-state index in [9.17, 15) is 13.2 Å². The van der Waals surface area contributed by atoms with Crippen molar-refractivity contribution < 1.29 is 17.9 Å². The normalized spacial score (nSPS) is 20.1. The minimum absolute atomic E-state index is 0.158. The summed E-state index contributed by atoms with van der Waals surface area (Å²) in [4.78, 5) is 11.0. The standard InChI is InChI=1S/C10H21N3O4S/c1-3-7-13(8-9-5-4-6-11-9)18(15,16)12-10(14)17-2/h9,11H,3-8H2,1-2H3,(H,12,14). The number of hydrogen-bond acceptors (Lipinski definition) is 5. The van der Waals surface area contributed by atoms with E-state index in [4.69, 9.17) is 0 Å². The predicted octanol–water partition coefficient (Wildman–Crippen LogP) is 0.0512. The molecule has 18 heavy (non-hydrogen) atoms. The maximum atomic E-state index is 12.0. The van der Waals surface area contributed by atoms with Gasteiger partial charge in [-0.05, 0) is 25.8 Å². The van der Waals surface area contributed by atoms with Crippen LogP contribution < -0.4 is 10.0 Å². The monoisotopic (exact) mass is 279 g/mol. The van der Waals surface area contributed by atoms with Crippen LogP contribution in [0.3, 0.4) is 0 Å². The van der Waals surface area contributed by atoms with Crippen LogP contribution in [0.1, 0.15) is 26.2 Å². The molecule has 1 aliphatic heterocycles. The number of carbonyl (C=O) groups is 1. The summed E-state index contributed by atoms with van der Waals surface area (Å²) in [5.74, 6) is 0. The van der Waals surface area contributed by atoms with Crippen molar-refractivity contribution >= 4 is 16.3 Å². The van der Waals surface area contributed by atoms with Crippen LogP contribution in [0.5, 0.6) is 0 Å². The number of carbonyl (C=O) groups excluding carboxylic acids is 1. The number of nitrogens with one attached hydrogen (secondary N) is 2. The molecule has 1 unspecified atom stereocenters. The quantitative estimate of drug-likeness (QED) is 0.717. The first kappa shape index (κ1) is 15.2. The first-order valence-electron chi connectivity index (χ1n) is 6.08. The third kappa shape index (κ3) is 4.43. The minimum atomic E-state index is -3.81. The summed E-state index contributed by atoms with van der Waals surface area (Å²) in [6.07, 6.45) is 1.73. The molecule has 2 N–H and O–H groups in total. The Morgan fingerprint density at radius 3 is 2.78 bits per heavy atom. The Balaban J connectivity index is 2.66. The molecule has 1 atom stereocenters. The maximum Gasteiger partial charge on any atom is 0.421 e. The average Bonchev–Trinajstić information content (AvgIpc) is 2.80. The summed E-state index contributed by atoms with van der Waals surface area (Å²) in [6.45, 7) is 3.56. The van der Waals surface area contributed by atoms with Gasteiger partial charge < -0.3 is 10.1 Å². The molecule has 1 saturated heterocycles. The zero-order chi connectivity index (χ0) is 13.6. The third-order valence-electron chi connectivity index (χ3n) is 2.80. The molecule has 1 aliphatic rings. The second-order valence-corrected chi connectivity index (χ2v) is 5.92. The number of rotatable bonds is 6. The Bertz CT molecular complexity index is 365. The summed E-state index contributed by atoms with van der Waals surface area (Å²) in [6, 6.07) is 0.158. The van der Waals surface area contributed by atoms with E-state index in [2.05, 4.69) is 10.1 Å². The molecule has 0 radical (unpaired) electrons. The number of amides is 1. The molecule has 0 spiro atoms. The zero-order valence-corrected chi connectivity index (χ0v) is 11.6. The van der Waals surface area contributed by atoms with Gasteiger partial charge in [0.15, 0.2) is 0 Å². The van der Waals surface area contributed by atoms with E-state index in [1.54, 1.807) is 0 Å². The average molecular weight is 279 g/mol. The van der Waals surface area contributed by atoms with Crippen molar-refractivity contribution in [2.75, 3.05) is 26.7 Å². The Morgan fingerprint density at radius 1 is 1.56 bits per heavy atom.